The molecule has 3 heterocycles. The Bertz CT molecular complexity index is 749. The van der Waals surface area contributed by atoms with Gasteiger partial charge in [0.25, 0.3) is 11.8 Å². The van der Waals surface area contributed by atoms with Crippen LogP contribution in [0.5, 0.6) is 0 Å². The number of imidazole rings is 1. The summed E-state index contributed by atoms with van der Waals surface area (Å²) in [6.07, 6.45) is 7.48. The van der Waals surface area contributed by atoms with Crippen molar-refractivity contribution >= 4 is 11.8 Å². The lowest BCUT2D eigenvalue weighted by Crippen LogP contribution is -2.27. The highest BCUT2D eigenvalue weighted by molar-refractivity contribution is 5.97. The zero-order chi connectivity index (χ0) is 18.4. The molecule has 3 rings (SSSR count). The Kier molecular flexibility index (Phi) is 6.09. The molecule has 0 spiro atoms. The Morgan fingerprint density at radius 1 is 1.23 bits per heavy atom. The van der Waals surface area contributed by atoms with Crippen LogP contribution in [-0.2, 0) is 19.5 Å². The highest BCUT2D eigenvalue weighted by atomic mass is 16.3. The standard InChI is InChI=1S/C19H26N4O3/c1-2-3-5-10-20-18(24)16-15-9-4-6-11-23(15)17(22-16)19(25)21-13-14-8-7-12-26-14/h7-8,12H,2-6,9-11,13H2,1H3,(H,20,24)(H,21,25). The van der Waals surface area contributed by atoms with E-state index in [1.807, 2.05) is 4.57 Å². The van der Waals surface area contributed by atoms with Gasteiger partial charge in [0.05, 0.1) is 18.5 Å². The molecule has 7 heteroatoms. The van der Waals surface area contributed by atoms with Crippen molar-refractivity contribution in [3.8, 4) is 0 Å². The van der Waals surface area contributed by atoms with E-state index in [2.05, 4.69) is 22.5 Å². The van der Waals surface area contributed by atoms with Crippen LogP contribution in [0.15, 0.2) is 22.8 Å². The topological polar surface area (TPSA) is 89.2 Å². The lowest BCUT2D eigenvalue weighted by Gasteiger charge is -2.17. The van der Waals surface area contributed by atoms with Gasteiger partial charge in [-0.1, -0.05) is 19.8 Å². The van der Waals surface area contributed by atoms with Gasteiger partial charge in [-0.3, -0.25) is 9.59 Å². The maximum atomic E-state index is 12.6. The molecule has 7 nitrogen and oxygen atoms in total. The molecule has 1 aliphatic rings. The molecule has 2 aromatic rings. The third-order valence-corrected chi connectivity index (χ3v) is 4.61. The van der Waals surface area contributed by atoms with Gasteiger partial charge < -0.3 is 19.6 Å². The SMILES string of the molecule is CCCCCNC(=O)c1nc(C(=O)NCc2ccco2)n2c1CCCC2. The number of nitrogens with zero attached hydrogens (tertiary/aromatic N) is 2. The summed E-state index contributed by atoms with van der Waals surface area (Å²) in [5, 5.41) is 5.74. The second-order valence-corrected chi connectivity index (χ2v) is 6.56. The summed E-state index contributed by atoms with van der Waals surface area (Å²) in [6.45, 7) is 3.78. The molecule has 2 aromatic heterocycles. The maximum Gasteiger partial charge on any atom is 0.287 e. The van der Waals surface area contributed by atoms with Crippen molar-refractivity contribution in [2.45, 2.75) is 58.5 Å². The number of nitrogens with one attached hydrogen (secondary N) is 2. The summed E-state index contributed by atoms with van der Waals surface area (Å²) >= 11 is 0. The molecular formula is C19H26N4O3. The number of aromatic nitrogens is 2. The molecule has 2 N–H and O–H groups in total. The van der Waals surface area contributed by atoms with Crippen molar-refractivity contribution in [2.75, 3.05) is 6.54 Å². The molecule has 0 aromatic carbocycles. The van der Waals surface area contributed by atoms with Crippen LogP contribution in [0.4, 0.5) is 0 Å². The third kappa shape index (κ3) is 4.15. The van der Waals surface area contributed by atoms with Gasteiger partial charge in [0.15, 0.2) is 5.82 Å². The second-order valence-electron chi connectivity index (χ2n) is 6.56. The van der Waals surface area contributed by atoms with Crippen LogP contribution in [0.25, 0.3) is 0 Å². The van der Waals surface area contributed by atoms with Gasteiger partial charge in [0, 0.05) is 13.1 Å². The number of carbonyl (C=O) groups excluding carboxylic acids is 2. The molecule has 0 aliphatic carbocycles. The van der Waals surface area contributed by atoms with Gasteiger partial charge >= 0.3 is 0 Å². The van der Waals surface area contributed by atoms with Crippen LogP contribution in [0.3, 0.4) is 0 Å². The van der Waals surface area contributed by atoms with E-state index in [9.17, 15) is 9.59 Å². The fraction of sp³-hybridized carbons (Fsp3) is 0.526. The first-order valence-corrected chi connectivity index (χ1v) is 9.39. The average Bonchev–Trinajstić information content (AvgIpc) is 3.31. The minimum Gasteiger partial charge on any atom is -0.467 e. The summed E-state index contributed by atoms with van der Waals surface area (Å²) in [5.41, 5.74) is 1.26. The van der Waals surface area contributed by atoms with Crippen molar-refractivity contribution in [3.63, 3.8) is 0 Å². The minimum atomic E-state index is -0.283. The highest BCUT2D eigenvalue weighted by Gasteiger charge is 2.27. The van der Waals surface area contributed by atoms with Gasteiger partial charge in [0.2, 0.25) is 0 Å². The molecule has 0 bridgehead atoms. The number of unbranched alkanes of at least 4 members (excludes halogenated alkanes) is 2. The monoisotopic (exact) mass is 358 g/mol. The Morgan fingerprint density at radius 3 is 2.88 bits per heavy atom. The molecule has 2 amide bonds. The van der Waals surface area contributed by atoms with E-state index in [4.69, 9.17) is 4.42 Å². The fourth-order valence-electron chi connectivity index (χ4n) is 3.22. The van der Waals surface area contributed by atoms with E-state index in [1.165, 1.54) is 0 Å². The van der Waals surface area contributed by atoms with Crippen molar-refractivity contribution in [1.29, 1.82) is 0 Å². The summed E-state index contributed by atoms with van der Waals surface area (Å²) in [6, 6.07) is 3.58. The summed E-state index contributed by atoms with van der Waals surface area (Å²) in [5.74, 6) is 0.522. The lowest BCUT2D eigenvalue weighted by atomic mass is 10.1. The molecule has 0 unspecified atom stereocenters. The predicted molar refractivity (Wildman–Crippen MR) is 96.9 cm³/mol. The van der Waals surface area contributed by atoms with Crippen LogP contribution in [-0.4, -0.2) is 27.9 Å². The molecular weight excluding hydrogens is 332 g/mol. The molecule has 0 fully saturated rings. The number of rotatable bonds is 8. The van der Waals surface area contributed by atoms with E-state index < -0.39 is 0 Å². The van der Waals surface area contributed by atoms with E-state index in [1.54, 1.807) is 18.4 Å². The number of carbonyl (C=O) groups is 2. The first kappa shape index (κ1) is 18.2. The van der Waals surface area contributed by atoms with E-state index in [-0.39, 0.29) is 11.8 Å². The zero-order valence-corrected chi connectivity index (χ0v) is 15.2. The predicted octanol–water partition coefficient (Wildman–Crippen LogP) is 2.66. The highest BCUT2D eigenvalue weighted by Crippen LogP contribution is 2.21. The van der Waals surface area contributed by atoms with Crippen molar-refractivity contribution < 1.29 is 14.0 Å². The first-order valence-electron chi connectivity index (χ1n) is 9.39. The Hall–Kier alpha value is -2.57. The molecule has 0 saturated carbocycles. The minimum absolute atomic E-state index is 0.183. The van der Waals surface area contributed by atoms with Gasteiger partial charge in [-0.15, -0.1) is 0 Å². The fourth-order valence-corrected chi connectivity index (χ4v) is 3.22. The normalized spacial score (nSPS) is 13.3. The van der Waals surface area contributed by atoms with Crippen molar-refractivity contribution in [2.24, 2.45) is 0 Å². The first-order chi connectivity index (χ1) is 12.7. The molecule has 0 radical (unpaired) electrons. The average molecular weight is 358 g/mol. The lowest BCUT2D eigenvalue weighted by molar-refractivity contribution is 0.0932. The molecule has 1 aliphatic heterocycles. The molecule has 26 heavy (non-hydrogen) atoms. The van der Waals surface area contributed by atoms with E-state index in [0.29, 0.717) is 30.4 Å². The Morgan fingerprint density at radius 2 is 2.12 bits per heavy atom. The third-order valence-electron chi connectivity index (χ3n) is 4.61. The van der Waals surface area contributed by atoms with Crippen molar-refractivity contribution in [1.82, 2.24) is 20.2 Å². The smallest absolute Gasteiger partial charge is 0.287 e. The van der Waals surface area contributed by atoms with Crippen LogP contribution in [0.2, 0.25) is 0 Å². The summed E-state index contributed by atoms with van der Waals surface area (Å²) < 4.78 is 7.12. The van der Waals surface area contributed by atoms with Crippen molar-refractivity contribution in [3.05, 3.63) is 41.4 Å². The zero-order valence-electron chi connectivity index (χ0n) is 15.2. The van der Waals surface area contributed by atoms with Crippen LogP contribution >= 0.6 is 0 Å². The van der Waals surface area contributed by atoms with Gasteiger partial charge in [0.1, 0.15) is 11.5 Å². The number of hydrogen-bond acceptors (Lipinski definition) is 4. The molecule has 140 valence electrons. The van der Waals surface area contributed by atoms with E-state index >= 15 is 0 Å². The van der Waals surface area contributed by atoms with Crippen LogP contribution in [0, 0.1) is 0 Å². The maximum absolute atomic E-state index is 12.6. The van der Waals surface area contributed by atoms with Gasteiger partial charge in [-0.05, 0) is 37.8 Å². The Labute approximate surface area is 153 Å². The molecule has 0 atom stereocenters. The van der Waals surface area contributed by atoms with Crippen LogP contribution in [0.1, 0.15) is 71.6 Å². The largest absolute Gasteiger partial charge is 0.467 e. The number of hydrogen-bond donors (Lipinski definition) is 2. The number of furan rings is 1. The summed E-state index contributed by atoms with van der Waals surface area (Å²) in [4.78, 5) is 29.5. The number of fused-ring (bicyclic) bond motifs is 1. The van der Waals surface area contributed by atoms with Gasteiger partial charge in [-0.2, -0.15) is 0 Å². The Balaban J connectivity index is 1.72. The van der Waals surface area contributed by atoms with E-state index in [0.717, 1.165) is 50.8 Å². The van der Waals surface area contributed by atoms with Crippen LogP contribution < -0.4 is 10.6 Å². The summed E-state index contributed by atoms with van der Waals surface area (Å²) in [7, 11) is 0. The number of amides is 2. The second kappa shape index (κ2) is 8.69. The van der Waals surface area contributed by atoms with Gasteiger partial charge in [-0.25, -0.2) is 4.98 Å². The quantitative estimate of drug-likeness (QED) is 0.710. The molecule has 0 saturated heterocycles.